The summed E-state index contributed by atoms with van der Waals surface area (Å²) in [6.07, 6.45) is 6.72. The van der Waals surface area contributed by atoms with Crippen molar-refractivity contribution in [2.24, 2.45) is 0 Å². The highest BCUT2D eigenvalue weighted by Crippen LogP contribution is 2.52. The zero-order valence-electron chi connectivity index (χ0n) is 16.5. The molecule has 1 saturated carbocycles. The van der Waals surface area contributed by atoms with E-state index in [0.717, 1.165) is 43.5 Å². The van der Waals surface area contributed by atoms with Gasteiger partial charge in [-0.15, -0.1) is 10.2 Å². The number of nitrogens with zero attached hydrogens (tertiary/aromatic N) is 5. The summed E-state index contributed by atoms with van der Waals surface area (Å²) < 4.78 is 38.2. The first kappa shape index (κ1) is 18.9. The average molecular weight is 413 g/mol. The quantitative estimate of drug-likeness (QED) is 0.633. The molecule has 5 rings (SSSR count). The number of piperidine rings is 1. The van der Waals surface area contributed by atoms with Crippen LogP contribution in [0, 0.1) is 18.6 Å². The largest absolute Gasteiger partial charge is 0.487 e. The first-order chi connectivity index (χ1) is 14.5. The molecule has 1 aliphatic carbocycles. The second-order valence-electron chi connectivity index (χ2n) is 7.85. The highest BCUT2D eigenvalue weighted by Gasteiger charge is 2.52. The van der Waals surface area contributed by atoms with Crippen molar-refractivity contribution in [1.82, 2.24) is 20.2 Å². The molecule has 0 bridgehead atoms. The summed E-state index contributed by atoms with van der Waals surface area (Å²) in [5, 5.41) is 8.10. The van der Waals surface area contributed by atoms with E-state index in [0.29, 0.717) is 24.6 Å². The molecule has 1 aliphatic heterocycles. The normalized spacial score (nSPS) is 18.4. The molecule has 3 heterocycles. The van der Waals surface area contributed by atoms with Gasteiger partial charge in [0.2, 0.25) is 11.8 Å². The molecule has 2 aliphatic rings. The van der Waals surface area contributed by atoms with E-state index < -0.39 is 11.6 Å². The Morgan fingerprint density at radius 2 is 1.90 bits per heavy atom. The standard InChI is InChI=1S/C21H21F2N5O2/c1-13-26-27-20(29-13)21(6-7-21)18-11-25-19(12-24-18)28-8-4-15(5-9-28)30-17-3-2-14(22)10-16(17)23/h2-3,10-12,15H,4-9H2,1H3. The van der Waals surface area contributed by atoms with E-state index in [-0.39, 0.29) is 17.3 Å². The van der Waals surface area contributed by atoms with Gasteiger partial charge < -0.3 is 14.1 Å². The molecule has 0 amide bonds. The van der Waals surface area contributed by atoms with Gasteiger partial charge in [0.15, 0.2) is 11.6 Å². The second kappa shape index (κ2) is 7.30. The summed E-state index contributed by atoms with van der Waals surface area (Å²) in [6, 6.07) is 3.37. The Kier molecular flexibility index (Phi) is 4.60. The Morgan fingerprint density at radius 3 is 2.50 bits per heavy atom. The molecular weight excluding hydrogens is 392 g/mol. The van der Waals surface area contributed by atoms with E-state index >= 15 is 0 Å². The Hall–Kier alpha value is -3.10. The van der Waals surface area contributed by atoms with E-state index in [9.17, 15) is 8.78 Å². The summed E-state index contributed by atoms with van der Waals surface area (Å²) in [4.78, 5) is 11.4. The molecule has 7 nitrogen and oxygen atoms in total. The van der Waals surface area contributed by atoms with Gasteiger partial charge in [0, 0.05) is 38.9 Å². The third-order valence-electron chi connectivity index (χ3n) is 5.77. The molecule has 3 aromatic rings. The van der Waals surface area contributed by atoms with Gasteiger partial charge in [-0.1, -0.05) is 0 Å². The van der Waals surface area contributed by atoms with Crippen LogP contribution in [0.2, 0.25) is 0 Å². The molecule has 0 spiro atoms. The van der Waals surface area contributed by atoms with Crippen molar-refractivity contribution in [2.75, 3.05) is 18.0 Å². The Labute approximate surface area is 172 Å². The molecule has 156 valence electrons. The van der Waals surface area contributed by atoms with Gasteiger partial charge in [-0.2, -0.15) is 0 Å². The number of halogens is 2. The second-order valence-corrected chi connectivity index (χ2v) is 7.85. The van der Waals surface area contributed by atoms with Crippen LogP contribution in [-0.2, 0) is 5.41 Å². The number of aryl methyl sites for hydroxylation is 1. The SMILES string of the molecule is Cc1nnc(C2(c3cnc(N4CCC(Oc5ccc(F)cc5F)CC4)cn3)CC2)o1. The van der Waals surface area contributed by atoms with Crippen molar-refractivity contribution in [3.8, 4) is 5.75 Å². The minimum atomic E-state index is -0.677. The van der Waals surface area contributed by atoms with Crippen molar-refractivity contribution < 1.29 is 17.9 Å². The van der Waals surface area contributed by atoms with Gasteiger partial charge in [0.1, 0.15) is 17.7 Å². The van der Waals surface area contributed by atoms with Crippen molar-refractivity contribution in [2.45, 2.75) is 44.1 Å². The van der Waals surface area contributed by atoms with Crippen LogP contribution in [0.5, 0.6) is 5.75 Å². The summed E-state index contributed by atoms with van der Waals surface area (Å²) in [5.74, 6) is 0.746. The van der Waals surface area contributed by atoms with E-state index in [1.807, 2.05) is 0 Å². The molecule has 2 aromatic heterocycles. The average Bonchev–Trinajstić information content (AvgIpc) is 3.45. The number of rotatable bonds is 5. The number of hydrogen-bond donors (Lipinski definition) is 0. The van der Waals surface area contributed by atoms with E-state index in [2.05, 4.69) is 25.1 Å². The first-order valence-electron chi connectivity index (χ1n) is 10.0. The fraction of sp³-hybridized carbons (Fsp3) is 0.429. The van der Waals surface area contributed by atoms with Crippen molar-refractivity contribution >= 4 is 5.82 Å². The van der Waals surface area contributed by atoms with Crippen LogP contribution in [0.15, 0.2) is 35.0 Å². The van der Waals surface area contributed by atoms with Gasteiger partial charge in [-0.05, 0) is 25.0 Å². The zero-order valence-corrected chi connectivity index (χ0v) is 16.5. The van der Waals surface area contributed by atoms with Crippen LogP contribution in [0.3, 0.4) is 0 Å². The molecule has 2 fully saturated rings. The summed E-state index contributed by atoms with van der Waals surface area (Å²) in [5.41, 5.74) is 0.548. The highest BCUT2D eigenvalue weighted by atomic mass is 19.1. The highest BCUT2D eigenvalue weighted by molar-refractivity contribution is 5.40. The lowest BCUT2D eigenvalue weighted by Gasteiger charge is -2.32. The van der Waals surface area contributed by atoms with Crippen LogP contribution >= 0.6 is 0 Å². The van der Waals surface area contributed by atoms with Crippen molar-refractivity contribution in [3.05, 3.63) is 59.7 Å². The maximum absolute atomic E-state index is 13.8. The molecule has 0 unspecified atom stereocenters. The van der Waals surface area contributed by atoms with Crippen LogP contribution in [0.4, 0.5) is 14.6 Å². The third kappa shape index (κ3) is 3.48. The lowest BCUT2D eigenvalue weighted by atomic mass is 10.0. The lowest BCUT2D eigenvalue weighted by molar-refractivity contribution is 0.163. The third-order valence-corrected chi connectivity index (χ3v) is 5.77. The maximum Gasteiger partial charge on any atom is 0.228 e. The number of benzene rings is 1. The molecule has 0 N–H and O–H groups in total. The Balaban J connectivity index is 1.22. The molecular formula is C21H21F2N5O2. The summed E-state index contributed by atoms with van der Waals surface area (Å²) in [7, 11) is 0. The van der Waals surface area contributed by atoms with Crippen LogP contribution < -0.4 is 9.64 Å². The topological polar surface area (TPSA) is 77.2 Å². The predicted molar refractivity (Wildman–Crippen MR) is 103 cm³/mol. The van der Waals surface area contributed by atoms with E-state index in [1.54, 1.807) is 19.3 Å². The van der Waals surface area contributed by atoms with Gasteiger partial charge >= 0.3 is 0 Å². The monoisotopic (exact) mass is 413 g/mol. The molecule has 1 saturated heterocycles. The number of ether oxygens (including phenoxy) is 1. The summed E-state index contributed by atoms with van der Waals surface area (Å²) in [6.45, 7) is 3.21. The Bertz CT molecular complexity index is 1040. The van der Waals surface area contributed by atoms with Crippen LogP contribution in [-0.4, -0.2) is 39.4 Å². The molecule has 1 aromatic carbocycles. The maximum atomic E-state index is 13.8. The van der Waals surface area contributed by atoms with E-state index in [1.165, 1.54) is 12.1 Å². The predicted octanol–water partition coefficient (Wildman–Crippen LogP) is 3.57. The van der Waals surface area contributed by atoms with Gasteiger partial charge in [-0.25, -0.2) is 13.8 Å². The minimum absolute atomic E-state index is 0.0880. The lowest BCUT2D eigenvalue weighted by Crippen LogP contribution is -2.39. The minimum Gasteiger partial charge on any atom is -0.487 e. The number of aromatic nitrogens is 4. The van der Waals surface area contributed by atoms with Gasteiger partial charge in [0.05, 0.1) is 23.5 Å². The Morgan fingerprint density at radius 1 is 1.10 bits per heavy atom. The molecule has 0 radical (unpaired) electrons. The molecule has 9 heteroatoms. The fourth-order valence-corrected chi connectivity index (χ4v) is 3.88. The molecule has 30 heavy (non-hydrogen) atoms. The van der Waals surface area contributed by atoms with Crippen LogP contribution in [0.25, 0.3) is 0 Å². The van der Waals surface area contributed by atoms with Gasteiger partial charge in [0.25, 0.3) is 0 Å². The zero-order chi connectivity index (χ0) is 20.7. The molecule has 0 atom stereocenters. The summed E-state index contributed by atoms with van der Waals surface area (Å²) >= 11 is 0. The van der Waals surface area contributed by atoms with Gasteiger partial charge in [-0.3, -0.25) is 4.98 Å². The number of anilines is 1. The van der Waals surface area contributed by atoms with Crippen LogP contribution in [0.1, 0.15) is 43.2 Å². The number of hydrogen-bond acceptors (Lipinski definition) is 7. The van der Waals surface area contributed by atoms with Crippen molar-refractivity contribution in [1.29, 1.82) is 0 Å². The van der Waals surface area contributed by atoms with E-state index in [4.69, 9.17) is 9.15 Å². The smallest absolute Gasteiger partial charge is 0.228 e. The van der Waals surface area contributed by atoms with Crippen molar-refractivity contribution in [3.63, 3.8) is 0 Å². The first-order valence-corrected chi connectivity index (χ1v) is 10.0. The fourth-order valence-electron chi connectivity index (χ4n) is 3.88.